The predicted octanol–water partition coefficient (Wildman–Crippen LogP) is 6.48. The van der Waals surface area contributed by atoms with Crippen LogP contribution in [0.5, 0.6) is 0 Å². The minimum Gasteiger partial charge on any atom is -0.367 e. The average Bonchev–Trinajstić information content (AvgIpc) is 3.55. The molecule has 2 N–H and O–H groups in total. The Balaban J connectivity index is 1.11. The highest BCUT2D eigenvalue weighted by atomic mass is 32.1. The number of benzene rings is 1. The molecular formula is C33H38F3N7OS. The number of carbonyl (C=O) groups excluding carboxylic acids is 1. The Hall–Kier alpha value is -3.69. The second-order valence-electron chi connectivity index (χ2n) is 12.7. The zero-order chi connectivity index (χ0) is 31.9. The maximum atomic E-state index is 13.0. The van der Waals surface area contributed by atoms with Gasteiger partial charge in [0.2, 0.25) is 5.91 Å². The van der Waals surface area contributed by atoms with Crippen molar-refractivity contribution >= 4 is 44.2 Å². The van der Waals surface area contributed by atoms with Crippen LogP contribution in [0.1, 0.15) is 60.1 Å². The van der Waals surface area contributed by atoms with E-state index in [4.69, 9.17) is 0 Å². The average molecular weight is 638 g/mol. The summed E-state index contributed by atoms with van der Waals surface area (Å²) in [5.41, 5.74) is 4.12. The van der Waals surface area contributed by atoms with Crippen molar-refractivity contribution in [3.63, 3.8) is 0 Å². The molecule has 5 heterocycles. The number of nitrogens with zero attached hydrogens (tertiary/aromatic N) is 5. The number of carbonyl (C=O) groups is 1. The fraction of sp³-hybridized carbons (Fsp3) is 0.515. The van der Waals surface area contributed by atoms with Gasteiger partial charge in [-0.2, -0.15) is 18.4 Å². The SMILES string of the molecule is Cc1nc(NC2CCN(Cc3ccc4c(cc(C#N)n4C[C@H](C)C4CCNC(=O)C4)c3C)CC2)c2cc(CC(F)(F)F)sc2n1. The molecule has 0 radical (unpaired) electrons. The fourth-order valence-electron chi connectivity index (χ4n) is 6.86. The lowest BCUT2D eigenvalue weighted by Crippen LogP contribution is -2.39. The third-order valence-corrected chi connectivity index (χ3v) is 10.4. The van der Waals surface area contributed by atoms with Crippen LogP contribution in [-0.2, 0) is 24.3 Å². The molecule has 2 saturated heterocycles. The highest BCUT2D eigenvalue weighted by Gasteiger charge is 2.30. The number of nitriles is 1. The van der Waals surface area contributed by atoms with Crippen LogP contribution in [0.15, 0.2) is 24.3 Å². The van der Waals surface area contributed by atoms with Gasteiger partial charge in [0.15, 0.2) is 0 Å². The summed E-state index contributed by atoms with van der Waals surface area (Å²) >= 11 is 1.08. The Morgan fingerprint density at radius 1 is 1.16 bits per heavy atom. The minimum atomic E-state index is -4.26. The van der Waals surface area contributed by atoms with Crippen LogP contribution in [0, 0.1) is 37.0 Å². The number of halogens is 3. The molecule has 2 aliphatic heterocycles. The molecule has 2 atom stereocenters. The number of alkyl halides is 3. The largest absolute Gasteiger partial charge is 0.393 e. The lowest BCUT2D eigenvalue weighted by molar-refractivity contribution is -0.126. The summed E-state index contributed by atoms with van der Waals surface area (Å²) in [5, 5.41) is 18.1. The molecule has 8 nitrogen and oxygen atoms in total. The van der Waals surface area contributed by atoms with Crippen LogP contribution < -0.4 is 10.6 Å². The first-order valence-corrected chi connectivity index (χ1v) is 16.4. The molecule has 2 fully saturated rings. The number of rotatable bonds is 8. The van der Waals surface area contributed by atoms with Crippen LogP contribution in [0.25, 0.3) is 21.1 Å². The molecule has 0 saturated carbocycles. The van der Waals surface area contributed by atoms with Crippen LogP contribution >= 0.6 is 11.3 Å². The Kier molecular flexibility index (Phi) is 8.76. The van der Waals surface area contributed by atoms with Gasteiger partial charge in [-0.25, -0.2) is 9.97 Å². The van der Waals surface area contributed by atoms with Gasteiger partial charge < -0.3 is 15.2 Å². The number of amides is 1. The van der Waals surface area contributed by atoms with Crippen molar-refractivity contribution in [3.8, 4) is 6.07 Å². The molecule has 238 valence electrons. The number of hydrogen-bond donors (Lipinski definition) is 2. The monoisotopic (exact) mass is 637 g/mol. The molecule has 1 aromatic carbocycles. The molecule has 1 unspecified atom stereocenters. The molecule has 3 aromatic heterocycles. The third-order valence-electron chi connectivity index (χ3n) is 9.39. The van der Waals surface area contributed by atoms with Gasteiger partial charge in [0, 0.05) is 61.0 Å². The van der Waals surface area contributed by atoms with E-state index in [0.717, 1.165) is 61.1 Å². The lowest BCUT2D eigenvalue weighted by Gasteiger charge is -2.33. The van der Waals surface area contributed by atoms with Crippen LogP contribution in [0.2, 0.25) is 0 Å². The quantitative estimate of drug-likeness (QED) is 0.230. The van der Waals surface area contributed by atoms with Crippen molar-refractivity contribution in [1.29, 1.82) is 5.26 Å². The molecular weight excluding hydrogens is 599 g/mol. The number of thiophene rings is 1. The summed E-state index contributed by atoms with van der Waals surface area (Å²) in [5.74, 6) is 1.84. The van der Waals surface area contributed by atoms with Crippen LogP contribution in [0.4, 0.5) is 19.0 Å². The zero-order valence-corrected chi connectivity index (χ0v) is 26.6. The Morgan fingerprint density at radius 3 is 2.64 bits per heavy atom. The van der Waals surface area contributed by atoms with E-state index in [1.165, 1.54) is 11.1 Å². The zero-order valence-electron chi connectivity index (χ0n) is 25.8. The number of fused-ring (bicyclic) bond motifs is 2. The molecule has 12 heteroatoms. The highest BCUT2D eigenvalue weighted by molar-refractivity contribution is 7.18. The molecule has 4 aromatic rings. The van der Waals surface area contributed by atoms with Crippen LogP contribution in [-0.4, -0.2) is 57.2 Å². The number of anilines is 1. The number of hydrogen-bond acceptors (Lipinski definition) is 7. The van der Waals surface area contributed by atoms with Gasteiger partial charge in [0.05, 0.1) is 11.8 Å². The third kappa shape index (κ3) is 6.94. The number of piperidine rings is 2. The van der Waals surface area contributed by atoms with Crippen molar-refractivity contribution in [2.75, 3.05) is 25.0 Å². The van der Waals surface area contributed by atoms with Crippen LogP contribution in [0.3, 0.4) is 0 Å². The molecule has 1 amide bonds. The first-order valence-electron chi connectivity index (χ1n) is 15.6. The molecule has 6 rings (SSSR count). The molecule has 0 bridgehead atoms. The Labute approximate surface area is 264 Å². The van der Waals surface area contributed by atoms with E-state index in [9.17, 15) is 23.2 Å². The first kappa shape index (κ1) is 31.3. The molecule has 0 aliphatic carbocycles. The minimum absolute atomic E-state index is 0.110. The van der Waals surface area contributed by atoms with Crippen molar-refractivity contribution in [2.24, 2.45) is 11.8 Å². The van der Waals surface area contributed by atoms with Gasteiger partial charge in [0.25, 0.3) is 0 Å². The second kappa shape index (κ2) is 12.6. The van der Waals surface area contributed by atoms with E-state index in [1.54, 1.807) is 13.0 Å². The number of likely N-dealkylation sites (tertiary alicyclic amines) is 1. The summed E-state index contributed by atoms with van der Waals surface area (Å²) in [7, 11) is 0. The van der Waals surface area contributed by atoms with Crippen molar-refractivity contribution < 1.29 is 18.0 Å². The van der Waals surface area contributed by atoms with E-state index < -0.39 is 12.6 Å². The molecule has 0 spiro atoms. The fourth-order valence-corrected chi connectivity index (χ4v) is 7.96. The Bertz CT molecular complexity index is 1760. The number of aromatic nitrogens is 3. The van der Waals surface area contributed by atoms with Crippen molar-refractivity contribution in [1.82, 2.24) is 24.8 Å². The molecule has 2 aliphatic rings. The van der Waals surface area contributed by atoms with Crippen molar-refractivity contribution in [3.05, 3.63) is 51.8 Å². The lowest BCUT2D eigenvalue weighted by atomic mass is 9.85. The van der Waals surface area contributed by atoms with E-state index in [1.807, 2.05) is 6.07 Å². The van der Waals surface area contributed by atoms with E-state index in [0.29, 0.717) is 53.0 Å². The topological polar surface area (TPSA) is 98.9 Å². The van der Waals surface area contributed by atoms with E-state index in [2.05, 4.69) is 62.1 Å². The first-order chi connectivity index (χ1) is 21.5. The van der Waals surface area contributed by atoms with Gasteiger partial charge in [-0.3, -0.25) is 9.69 Å². The van der Waals surface area contributed by atoms with E-state index >= 15 is 0 Å². The number of aryl methyl sites for hydroxylation is 2. The predicted molar refractivity (Wildman–Crippen MR) is 170 cm³/mol. The van der Waals surface area contributed by atoms with E-state index in [-0.39, 0.29) is 22.7 Å². The standard InChI is InChI=1S/C33H38F3N7OS/c1-19(22-6-9-38-30(44)12-22)17-43-25(16-37)13-27-20(2)23(4-5-29(27)43)18-42-10-7-24(8-11-42)41-31-28-14-26(15-33(34,35)36)45-32(28)40-21(3)39-31/h4-5,13-14,19,22,24H,6-12,15,17-18H2,1-3H3,(H,38,44)(H,39,40,41)/t19-,22?/m0/s1. The Morgan fingerprint density at radius 2 is 1.93 bits per heavy atom. The van der Waals surface area contributed by atoms with Gasteiger partial charge in [-0.05, 0) is 74.3 Å². The maximum absolute atomic E-state index is 13.0. The van der Waals surface area contributed by atoms with Crippen molar-refractivity contribution in [2.45, 2.75) is 78.2 Å². The van der Waals surface area contributed by atoms with Gasteiger partial charge in [-0.1, -0.05) is 13.0 Å². The summed E-state index contributed by atoms with van der Waals surface area (Å²) in [6.07, 6.45) is -1.95. The second-order valence-corrected chi connectivity index (χ2v) is 13.8. The normalized spacial score (nSPS) is 19.1. The smallest absolute Gasteiger partial charge is 0.367 e. The highest BCUT2D eigenvalue weighted by Crippen LogP contribution is 2.34. The van der Waals surface area contributed by atoms with Gasteiger partial charge >= 0.3 is 6.18 Å². The summed E-state index contributed by atoms with van der Waals surface area (Å²) in [6, 6.07) is 10.4. The van der Waals surface area contributed by atoms with Gasteiger partial charge in [-0.15, -0.1) is 11.3 Å². The number of nitrogens with one attached hydrogen (secondary N) is 2. The summed E-state index contributed by atoms with van der Waals surface area (Å²) in [4.78, 5) is 24.1. The maximum Gasteiger partial charge on any atom is 0.393 e. The summed E-state index contributed by atoms with van der Waals surface area (Å²) < 4.78 is 41.1. The van der Waals surface area contributed by atoms with Gasteiger partial charge in [0.1, 0.15) is 28.2 Å². The molecule has 45 heavy (non-hydrogen) atoms. The summed E-state index contributed by atoms with van der Waals surface area (Å²) in [6.45, 7) is 10.0.